The SMILES string of the molecule is CCn1cc(C(=O)NC[C@@H]2CC3CC3N2C(=O)c2nc(C)sc2-c2cccc(F)c2)c(C)n1. The molecule has 1 aliphatic heterocycles. The summed E-state index contributed by atoms with van der Waals surface area (Å²) in [7, 11) is 0. The van der Waals surface area contributed by atoms with Gasteiger partial charge in [0.15, 0.2) is 0 Å². The van der Waals surface area contributed by atoms with Crippen LogP contribution in [0, 0.1) is 25.6 Å². The number of nitrogens with zero attached hydrogens (tertiary/aromatic N) is 4. The van der Waals surface area contributed by atoms with Crippen molar-refractivity contribution in [3.05, 3.63) is 58.2 Å². The van der Waals surface area contributed by atoms with E-state index in [2.05, 4.69) is 15.4 Å². The number of carbonyl (C=O) groups is 2. The number of fused-ring (bicyclic) bond motifs is 1. The first kappa shape index (κ1) is 21.8. The second kappa shape index (κ2) is 8.37. The fraction of sp³-hybridized carbons (Fsp3) is 0.417. The zero-order valence-corrected chi connectivity index (χ0v) is 19.7. The Hall–Kier alpha value is -3.07. The molecule has 2 aliphatic rings. The van der Waals surface area contributed by atoms with E-state index in [9.17, 15) is 14.0 Å². The number of piperidine rings is 1. The van der Waals surface area contributed by atoms with Crippen molar-refractivity contribution >= 4 is 23.2 Å². The Labute approximate surface area is 195 Å². The lowest BCUT2D eigenvalue weighted by Gasteiger charge is -2.27. The van der Waals surface area contributed by atoms with Gasteiger partial charge in [-0.1, -0.05) is 12.1 Å². The molecule has 9 heteroatoms. The zero-order valence-electron chi connectivity index (χ0n) is 18.8. The van der Waals surface area contributed by atoms with Gasteiger partial charge in [0.05, 0.1) is 27.2 Å². The molecule has 3 heterocycles. The summed E-state index contributed by atoms with van der Waals surface area (Å²) in [6, 6.07) is 6.36. The molecule has 1 saturated carbocycles. The number of hydrogen-bond donors (Lipinski definition) is 1. The van der Waals surface area contributed by atoms with Crippen molar-refractivity contribution in [2.24, 2.45) is 5.92 Å². The molecule has 1 saturated heterocycles. The van der Waals surface area contributed by atoms with Crippen molar-refractivity contribution in [2.45, 2.75) is 52.2 Å². The smallest absolute Gasteiger partial charge is 0.274 e. The number of carbonyl (C=O) groups excluding carboxylic acids is 2. The third kappa shape index (κ3) is 4.06. The Kier molecular flexibility index (Phi) is 5.52. The van der Waals surface area contributed by atoms with Crippen LogP contribution in [0.1, 0.15) is 51.3 Å². The number of aromatic nitrogens is 3. The van der Waals surface area contributed by atoms with Crippen LogP contribution in [0.3, 0.4) is 0 Å². The number of halogens is 1. The first-order chi connectivity index (χ1) is 15.9. The molecule has 33 heavy (non-hydrogen) atoms. The molecular weight excluding hydrogens is 441 g/mol. The Bertz CT molecular complexity index is 1240. The van der Waals surface area contributed by atoms with Gasteiger partial charge in [-0.2, -0.15) is 5.10 Å². The summed E-state index contributed by atoms with van der Waals surface area (Å²) in [5.74, 6) is -0.191. The van der Waals surface area contributed by atoms with Crippen molar-refractivity contribution in [3.8, 4) is 10.4 Å². The molecule has 0 bridgehead atoms. The van der Waals surface area contributed by atoms with Gasteiger partial charge in [0.1, 0.15) is 11.5 Å². The maximum Gasteiger partial charge on any atom is 0.274 e. The van der Waals surface area contributed by atoms with Gasteiger partial charge in [-0.3, -0.25) is 14.3 Å². The van der Waals surface area contributed by atoms with Crippen LogP contribution in [0.4, 0.5) is 4.39 Å². The lowest BCUT2D eigenvalue weighted by atomic mass is 10.1. The van der Waals surface area contributed by atoms with E-state index in [1.165, 1.54) is 23.5 Å². The van der Waals surface area contributed by atoms with E-state index in [1.807, 2.05) is 25.7 Å². The standard InChI is InChI=1S/C24H26FN5O2S/c1-4-29-12-19(13(2)28-29)23(31)26-11-18-9-16-10-20(16)30(18)24(32)21-22(33-14(3)27-21)15-6-5-7-17(25)8-15/h5-8,12,16,18,20H,4,9-11H2,1-3H3,(H,26,31)/t16?,18-,20?/m0/s1. The zero-order chi connectivity index (χ0) is 23.3. The van der Waals surface area contributed by atoms with Crippen LogP contribution >= 0.6 is 11.3 Å². The minimum atomic E-state index is -0.345. The summed E-state index contributed by atoms with van der Waals surface area (Å²) < 4.78 is 15.6. The highest BCUT2D eigenvalue weighted by molar-refractivity contribution is 7.15. The summed E-state index contributed by atoms with van der Waals surface area (Å²) in [6.07, 6.45) is 3.60. The van der Waals surface area contributed by atoms with Crippen molar-refractivity contribution in [2.75, 3.05) is 6.54 Å². The lowest BCUT2D eigenvalue weighted by Crippen LogP contribution is -2.45. The highest BCUT2D eigenvalue weighted by Crippen LogP contribution is 2.48. The summed E-state index contributed by atoms with van der Waals surface area (Å²) in [6.45, 7) is 6.72. The normalized spacial score (nSPS) is 21.2. The number of hydrogen-bond acceptors (Lipinski definition) is 5. The second-order valence-corrected chi connectivity index (χ2v) is 9.98. The van der Waals surface area contributed by atoms with Crippen molar-refractivity contribution in [1.82, 2.24) is 25.0 Å². The lowest BCUT2D eigenvalue weighted by molar-refractivity contribution is 0.0684. The monoisotopic (exact) mass is 467 g/mol. The summed E-state index contributed by atoms with van der Waals surface area (Å²) >= 11 is 1.40. The number of aryl methyl sites for hydroxylation is 3. The molecule has 1 aromatic carbocycles. The van der Waals surface area contributed by atoms with Gasteiger partial charge in [0, 0.05) is 25.3 Å². The Morgan fingerprint density at radius 2 is 2.09 bits per heavy atom. The maximum absolute atomic E-state index is 13.8. The first-order valence-corrected chi connectivity index (χ1v) is 12.1. The molecule has 2 aromatic heterocycles. The number of rotatable bonds is 6. The van der Waals surface area contributed by atoms with Crippen molar-refractivity contribution < 1.29 is 14.0 Å². The average Bonchev–Trinajstić information content (AvgIpc) is 3.11. The van der Waals surface area contributed by atoms with Gasteiger partial charge in [-0.05, 0) is 57.2 Å². The third-order valence-electron chi connectivity index (χ3n) is 6.48. The van der Waals surface area contributed by atoms with Gasteiger partial charge < -0.3 is 10.2 Å². The number of amides is 2. The van der Waals surface area contributed by atoms with Crippen LogP contribution in [-0.2, 0) is 6.54 Å². The van der Waals surface area contributed by atoms with E-state index in [1.54, 1.807) is 23.0 Å². The Morgan fingerprint density at radius 1 is 1.27 bits per heavy atom. The number of nitrogens with one attached hydrogen (secondary N) is 1. The topological polar surface area (TPSA) is 80.1 Å². The van der Waals surface area contributed by atoms with Crippen molar-refractivity contribution in [3.63, 3.8) is 0 Å². The molecule has 5 rings (SSSR count). The van der Waals surface area contributed by atoms with Crippen molar-refractivity contribution in [1.29, 1.82) is 0 Å². The van der Waals surface area contributed by atoms with Gasteiger partial charge in [-0.25, -0.2) is 9.37 Å². The third-order valence-corrected chi connectivity index (χ3v) is 7.50. The molecule has 0 spiro atoms. The molecule has 2 amide bonds. The molecular formula is C24H26FN5O2S. The number of likely N-dealkylation sites (tertiary alicyclic amines) is 1. The van der Waals surface area contributed by atoms with Crippen LogP contribution in [0.15, 0.2) is 30.5 Å². The number of benzene rings is 1. The summed E-state index contributed by atoms with van der Waals surface area (Å²) in [5.41, 5.74) is 2.27. The fourth-order valence-corrected chi connectivity index (χ4v) is 5.69. The predicted molar refractivity (Wildman–Crippen MR) is 124 cm³/mol. The minimum absolute atomic E-state index is 0.0888. The maximum atomic E-state index is 13.8. The van der Waals surface area contributed by atoms with Crippen LogP contribution in [0.5, 0.6) is 0 Å². The van der Waals surface area contributed by atoms with E-state index in [-0.39, 0.29) is 29.7 Å². The summed E-state index contributed by atoms with van der Waals surface area (Å²) in [5, 5.41) is 8.10. The highest BCUT2D eigenvalue weighted by Gasteiger charge is 2.54. The number of thiazole rings is 1. The molecule has 3 aromatic rings. The molecule has 0 radical (unpaired) electrons. The van der Waals surface area contributed by atoms with E-state index >= 15 is 0 Å². The molecule has 7 nitrogen and oxygen atoms in total. The van der Waals surface area contributed by atoms with Crippen LogP contribution in [0.2, 0.25) is 0 Å². The molecule has 3 atom stereocenters. The molecule has 1 aliphatic carbocycles. The molecule has 172 valence electrons. The first-order valence-electron chi connectivity index (χ1n) is 11.2. The Morgan fingerprint density at radius 3 is 2.82 bits per heavy atom. The summed E-state index contributed by atoms with van der Waals surface area (Å²) in [4.78, 5) is 33.5. The van der Waals surface area contributed by atoms with E-state index < -0.39 is 0 Å². The second-order valence-electron chi connectivity index (χ2n) is 8.78. The largest absolute Gasteiger partial charge is 0.350 e. The van der Waals surface area contributed by atoms with Crippen LogP contribution in [0.25, 0.3) is 10.4 Å². The van der Waals surface area contributed by atoms with Crippen LogP contribution < -0.4 is 5.32 Å². The van der Waals surface area contributed by atoms with Gasteiger partial charge in [-0.15, -0.1) is 11.3 Å². The van der Waals surface area contributed by atoms with Gasteiger partial charge >= 0.3 is 0 Å². The van der Waals surface area contributed by atoms with Gasteiger partial charge in [0.25, 0.3) is 11.8 Å². The molecule has 2 fully saturated rings. The molecule has 1 N–H and O–H groups in total. The molecule has 2 unspecified atom stereocenters. The predicted octanol–water partition coefficient (Wildman–Crippen LogP) is 3.82. The van der Waals surface area contributed by atoms with E-state index in [0.29, 0.717) is 46.4 Å². The highest BCUT2D eigenvalue weighted by atomic mass is 32.1. The van der Waals surface area contributed by atoms with E-state index in [4.69, 9.17) is 0 Å². The Balaban J connectivity index is 1.35. The fourth-order valence-electron chi connectivity index (χ4n) is 4.79. The average molecular weight is 468 g/mol. The minimum Gasteiger partial charge on any atom is -0.350 e. The quantitative estimate of drug-likeness (QED) is 0.598. The van der Waals surface area contributed by atoms with Crippen LogP contribution in [-0.4, -0.2) is 50.1 Å². The van der Waals surface area contributed by atoms with Gasteiger partial charge in [0.2, 0.25) is 0 Å². The van der Waals surface area contributed by atoms with E-state index in [0.717, 1.165) is 17.8 Å².